The maximum absolute atomic E-state index is 5.15. The molecule has 0 aromatic carbocycles. The molecule has 0 atom stereocenters. The third-order valence-corrected chi connectivity index (χ3v) is 2.76. The Bertz CT molecular complexity index is 287. The van der Waals surface area contributed by atoms with Crippen molar-refractivity contribution in [2.45, 2.75) is 19.9 Å². The third kappa shape index (κ3) is 2.14. The SMILES string of the molecule is CCc1c[nH]c(=S)n1CCSC. The average Bonchev–Trinajstić information content (AvgIpc) is 2.43. The molecule has 0 saturated carbocycles. The van der Waals surface area contributed by atoms with E-state index in [1.807, 2.05) is 18.0 Å². The summed E-state index contributed by atoms with van der Waals surface area (Å²) in [6.07, 6.45) is 5.16. The fourth-order valence-electron chi connectivity index (χ4n) is 1.15. The van der Waals surface area contributed by atoms with Crippen molar-refractivity contribution in [3.05, 3.63) is 16.7 Å². The minimum atomic E-state index is 0.848. The quantitative estimate of drug-likeness (QED) is 0.757. The van der Waals surface area contributed by atoms with Crippen LogP contribution in [0.25, 0.3) is 0 Å². The van der Waals surface area contributed by atoms with Crippen LogP contribution in [-0.2, 0) is 13.0 Å². The normalized spacial score (nSPS) is 10.5. The van der Waals surface area contributed by atoms with E-state index in [4.69, 9.17) is 12.2 Å². The highest BCUT2D eigenvalue weighted by molar-refractivity contribution is 7.98. The van der Waals surface area contributed by atoms with E-state index in [-0.39, 0.29) is 0 Å². The third-order valence-electron chi connectivity index (χ3n) is 1.84. The molecule has 0 fully saturated rings. The monoisotopic (exact) mass is 202 g/mol. The molecule has 0 radical (unpaired) electrons. The fraction of sp³-hybridized carbons (Fsp3) is 0.625. The van der Waals surface area contributed by atoms with Gasteiger partial charge in [0.25, 0.3) is 0 Å². The van der Waals surface area contributed by atoms with Crippen LogP contribution < -0.4 is 0 Å². The van der Waals surface area contributed by atoms with Gasteiger partial charge < -0.3 is 9.55 Å². The van der Waals surface area contributed by atoms with Gasteiger partial charge in [-0.3, -0.25) is 0 Å². The molecule has 0 unspecified atom stereocenters. The van der Waals surface area contributed by atoms with Gasteiger partial charge in [0, 0.05) is 24.2 Å². The van der Waals surface area contributed by atoms with Gasteiger partial charge in [-0.05, 0) is 24.9 Å². The fourth-order valence-corrected chi connectivity index (χ4v) is 1.78. The smallest absolute Gasteiger partial charge is 0.177 e. The van der Waals surface area contributed by atoms with E-state index in [0.29, 0.717) is 0 Å². The number of nitrogens with one attached hydrogen (secondary N) is 1. The van der Waals surface area contributed by atoms with Crippen molar-refractivity contribution in [1.29, 1.82) is 0 Å². The minimum Gasteiger partial charge on any atom is -0.337 e. The van der Waals surface area contributed by atoms with Crippen LogP contribution in [0.5, 0.6) is 0 Å². The molecular formula is C8H14N2S2. The Labute approximate surface area is 82.4 Å². The molecule has 4 heteroatoms. The summed E-state index contributed by atoms with van der Waals surface area (Å²) in [6.45, 7) is 3.17. The number of rotatable bonds is 4. The lowest BCUT2D eigenvalue weighted by Gasteiger charge is -2.04. The lowest BCUT2D eigenvalue weighted by molar-refractivity contribution is 0.715. The van der Waals surface area contributed by atoms with Gasteiger partial charge >= 0.3 is 0 Å². The molecule has 1 rings (SSSR count). The van der Waals surface area contributed by atoms with Crippen molar-refractivity contribution in [1.82, 2.24) is 9.55 Å². The number of nitrogens with zero attached hydrogens (tertiary/aromatic N) is 1. The van der Waals surface area contributed by atoms with Crippen LogP contribution in [0.3, 0.4) is 0 Å². The first kappa shape index (κ1) is 9.86. The van der Waals surface area contributed by atoms with Crippen LogP contribution in [0, 0.1) is 4.77 Å². The molecule has 2 nitrogen and oxygen atoms in total. The summed E-state index contributed by atoms with van der Waals surface area (Å²) in [7, 11) is 0. The second-order valence-electron chi connectivity index (χ2n) is 2.58. The Kier molecular flexibility index (Phi) is 3.88. The zero-order valence-corrected chi connectivity index (χ0v) is 9.10. The van der Waals surface area contributed by atoms with Crippen LogP contribution in [-0.4, -0.2) is 21.6 Å². The van der Waals surface area contributed by atoms with Crippen molar-refractivity contribution in [3.8, 4) is 0 Å². The topological polar surface area (TPSA) is 20.7 Å². The Morgan fingerprint density at radius 2 is 2.42 bits per heavy atom. The second kappa shape index (κ2) is 4.72. The van der Waals surface area contributed by atoms with Crippen LogP contribution in [0.1, 0.15) is 12.6 Å². The molecule has 0 aliphatic rings. The minimum absolute atomic E-state index is 0.848. The zero-order valence-electron chi connectivity index (χ0n) is 7.46. The van der Waals surface area contributed by atoms with Gasteiger partial charge in [-0.15, -0.1) is 0 Å². The van der Waals surface area contributed by atoms with Crippen molar-refractivity contribution in [3.63, 3.8) is 0 Å². The Balaban J connectivity index is 2.79. The Hall–Kier alpha value is -0.220. The molecular weight excluding hydrogens is 188 g/mol. The molecule has 1 aromatic rings. The number of aromatic amines is 1. The van der Waals surface area contributed by atoms with Gasteiger partial charge in [0.1, 0.15) is 0 Å². The Morgan fingerprint density at radius 3 is 3.00 bits per heavy atom. The van der Waals surface area contributed by atoms with Gasteiger partial charge in [-0.2, -0.15) is 11.8 Å². The predicted octanol–water partition coefficient (Wildman–Crippen LogP) is 2.47. The highest BCUT2D eigenvalue weighted by Crippen LogP contribution is 2.04. The number of aromatic nitrogens is 2. The molecule has 1 aromatic heterocycles. The lowest BCUT2D eigenvalue weighted by Crippen LogP contribution is -2.04. The first-order valence-corrected chi connectivity index (χ1v) is 5.85. The highest BCUT2D eigenvalue weighted by atomic mass is 32.2. The second-order valence-corrected chi connectivity index (χ2v) is 3.96. The number of H-pyrrole nitrogens is 1. The van der Waals surface area contributed by atoms with Gasteiger partial charge in [0.15, 0.2) is 4.77 Å². The summed E-state index contributed by atoms with van der Waals surface area (Å²) < 4.78 is 3.02. The molecule has 1 N–H and O–H groups in total. The Morgan fingerprint density at radius 1 is 1.67 bits per heavy atom. The van der Waals surface area contributed by atoms with Crippen molar-refractivity contribution in [2.75, 3.05) is 12.0 Å². The molecule has 0 aliphatic carbocycles. The molecule has 12 heavy (non-hydrogen) atoms. The van der Waals surface area contributed by atoms with Crippen molar-refractivity contribution < 1.29 is 0 Å². The summed E-state index contributed by atoms with van der Waals surface area (Å²) in [6, 6.07) is 0. The first-order chi connectivity index (χ1) is 5.79. The van der Waals surface area contributed by atoms with E-state index < -0.39 is 0 Å². The molecule has 1 heterocycles. The van der Waals surface area contributed by atoms with E-state index in [1.165, 1.54) is 5.69 Å². The van der Waals surface area contributed by atoms with Gasteiger partial charge in [0.2, 0.25) is 0 Å². The average molecular weight is 202 g/mol. The van der Waals surface area contributed by atoms with Gasteiger partial charge in [-0.1, -0.05) is 6.92 Å². The number of hydrogen-bond donors (Lipinski definition) is 1. The van der Waals surface area contributed by atoms with Crippen LogP contribution in [0.4, 0.5) is 0 Å². The first-order valence-electron chi connectivity index (χ1n) is 4.05. The number of hydrogen-bond acceptors (Lipinski definition) is 2. The summed E-state index contributed by atoms with van der Waals surface area (Å²) in [5, 5.41) is 0. The van der Waals surface area contributed by atoms with E-state index in [9.17, 15) is 0 Å². The molecule has 68 valence electrons. The van der Waals surface area contributed by atoms with E-state index in [2.05, 4.69) is 22.7 Å². The molecule has 0 bridgehead atoms. The zero-order chi connectivity index (χ0) is 8.97. The van der Waals surface area contributed by atoms with Crippen LogP contribution in [0.2, 0.25) is 0 Å². The summed E-state index contributed by atoms with van der Waals surface area (Å²) in [5.74, 6) is 1.12. The number of thioether (sulfide) groups is 1. The molecule has 0 spiro atoms. The van der Waals surface area contributed by atoms with Gasteiger partial charge in [-0.25, -0.2) is 0 Å². The van der Waals surface area contributed by atoms with E-state index in [1.54, 1.807) is 0 Å². The summed E-state index contributed by atoms with van der Waals surface area (Å²) >= 11 is 7.00. The van der Waals surface area contributed by atoms with Crippen molar-refractivity contribution >= 4 is 24.0 Å². The van der Waals surface area contributed by atoms with E-state index in [0.717, 1.165) is 23.5 Å². The lowest BCUT2D eigenvalue weighted by atomic mass is 10.4. The van der Waals surface area contributed by atoms with Crippen LogP contribution >= 0.6 is 24.0 Å². The van der Waals surface area contributed by atoms with Crippen LogP contribution in [0.15, 0.2) is 6.20 Å². The number of imidazole rings is 1. The van der Waals surface area contributed by atoms with Gasteiger partial charge in [0.05, 0.1) is 0 Å². The van der Waals surface area contributed by atoms with E-state index >= 15 is 0 Å². The molecule has 0 saturated heterocycles. The maximum atomic E-state index is 5.15. The molecule has 0 aliphatic heterocycles. The summed E-state index contributed by atoms with van der Waals surface area (Å²) in [5.41, 5.74) is 1.30. The van der Waals surface area contributed by atoms with Crippen molar-refractivity contribution in [2.24, 2.45) is 0 Å². The molecule has 0 amide bonds. The standard InChI is InChI=1S/C8H14N2S2/c1-3-7-6-9-8(11)10(7)4-5-12-2/h6H,3-5H2,1-2H3,(H,9,11). The highest BCUT2D eigenvalue weighted by Gasteiger charge is 1.99. The predicted molar refractivity (Wildman–Crippen MR) is 57.4 cm³/mol. The largest absolute Gasteiger partial charge is 0.337 e. The maximum Gasteiger partial charge on any atom is 0.177 e. The number of aryl methyl sites for hydroxylation is 1. The summed E-state index contributed by atoms with van der Waals surface area (Å²) in [4.78, 5) is 3.07.